The summed E-state index contributed by atoms with van der Waals surface area (Å²) in [5.41, 5.74) is 5.19. The molecule has 1 aliphatic rings. The number of nitrogens with two attached hydrogens (primary N) is 1. The Hall–Kier alpha value is -1.10. The Morgan fingerprint density at radius 2 is 2.12 bits per heavy atom. The lowest BCUT2D eigenvalue weighted by Gasteiger charge is -2.25. The van der Waals surface area contributed by atoms with Gasteiger partial charge in [0.1, 0.15) is 0 Å². The summed E-state index contributed by atoms with van der Waals surface area (Å²) in [7, 11) is 0. The fraction of sp³-hybridized carbons (Fsp3) is 0.833. The average Bonchev–Trinajstić information content (AvgIpc) is 2.69. The van der Waals surface area contributed by atoms with E-state index in [4.69, 9.17) is 5.73 Å². The molecule has 0 spiro atoms. The highest BCUT2D eigenvalue weighted by molar-refractivity contribution is 5.85. The van der Waals surface area contributed by atoms with Gasteiger partial charge in [-0.1, -0.05) is 20.3 Å². The maximum absolute atomic E-state index is 12.3. The first-order valence-electron chi connectivity index (χ1n) is 6.34. The molecule has 1 saturated heterocycles. The van der Waals surface area contributed by atoms with Gasteiger partial charge in [-0.25, -0.2) is 0 Å². The van der Waals surface area contributed by atoms with Crippen molar-refractivity contribution < 1.29 is 9.59 Å². The van der Waals surface area contributed by atoms with Crippen molar-refractivity contribution in [2.24, 2.45) is 17.6 Å². The van der Waals surface area contributed by atoms with E-state index in [2.05, 4.69) is 19.2 Å². The summed E-state index contributed by atoms with van der Waals surface area (Å²) in [4.78, 5) is 24.9. The highest BCUT2D eigenvalue weighted by Gasteiger charge is 2.32. The summed E-state index contributed by atoms with van der Waals surface area (Å²) in [6.45, 7) is 6.37. The standard InChI is InChI=1S/C12H23N3O2/c1-3-4-5-15(8-11(13)16)12(17)10-7-14-6-9(10)2/h9-10,14H,3-8H2,1-2H3,(H2,13,16)/t9-,10-/m1/s1. The third-order valence-electron chi connectivity index (χ3n) is 3.27. The van der Waals surface area contributed by atoms with Gasteiger partial charge in [0, 0.05) is 13.1 Å². The van der Waals surface area contributed by atoms with E-state index in [-0.39, 0.29) is 18.4 Å². The summed E-state index contributed by atoms with van der Waals surface area (Å²) in [5, 5.41) is 3.20. The molecule has 0 saturated carbocycles. The molecule has 1 fully saturated rings. The number of unbranched alkanes of at least 4 members (excludes halogenated alkanes) is 1. The second kappa shape index (κ2) is 6.59. The van der Waals surface area contributed by atoms with E-state index in [9.17, 15) is 9.59 Å². The largest absolute Gasteiger partial charge is 0.368 e. The lowest BCUT2D eigenvalue weighted by molar-refractivity contribution is -0.139. The third kappa shape index (κ3) is 4.00. The highest BCUT2D eigenvalue weighted by atomic mass is 16.2. The number of hydrogen-bond donors (Lipinski definition) is 2. The normalized spacial score (nSPS) is 23.6. The van der Waals surface area contributed by atoms with Gasteiger partial charge in [-0.05, 0) is 18.9 Å². The zero-order chi connectivity index (χ0) is 12.8. The second-order valence-electron chi connectivity index (χ2n) is 4.82. The molecule has 0 radical (unpaired) electrons. The number of carbonyl (C=O) groups excluding carboxylic acids is 2. The van der Waals surface area contributed by atoms with E-state index in [0.717, 1.165) is 19.4 Å². The summed E-state index contributed by atoms with van der Waals surface area (Å²) in [6, 6.07) is 0. The van der Waals surface area contributed by atoms with Gasteiger partial charge in [0.05, 0.1) is 12.5 Å². The van der Waals surface area contributed by atoms with Crippen LogP contribution < -0.4 is 11.1 Å². The molecule has 2 amide bonds. The molecule has 3 N–H and O–H groups in total. The molecule has 98 valence electrons. The SMILES string of the molecule is CCCCN(CC(N)=O)C(=O)[C@@H]1CNC[C@H]1C. The molecule has 0 aliphatic carbocycles. The first-order chi connectivity index (χ1) is 8.06. The minimum absolute atomic E-state index is 0.00814. The maximum Gasteiger partial charge on any atom is 0.237 e. The van der Waals surface area contributed by atoms with Gasteiger partial charge in [-0.15, -0.1) is 0 Å². The van der Waals surface area contributed by atoms with Gasteiger partial charge in [-0.2, -0.15) is 0 Å². The molecule has 0 bridgehead atoms. The maximum atomic E-state index is 12.3. The topological polar surface area (TPSA) is 75.4 Å². The van der Waals surface area contributed by atoms with Crippen LogP contribution in [0.3, 0.4) is 0 Å². The second-order valence-corrected chi connectivity index (χ2v) is 4.82. The molecule has 1 rings (SSSR count). The van der Waals surface area contributed by atoms with E-state index < -0.39 is 5.91 Å². The van der Waals surface area contributed by atoms with Crippen LogP contribution in [0.1, 0.15) is 26.7 Å². The number of primary amides is 1. The fourth-order valence-electron chi connectivity index (χ4n) is 2.18. The minimum Gasteiger partial charge on any atom is -0.368 e. The number of nitrogens with zero attached hydrogens (tertiary/aromatic N) is 1. The van der Waals surface area contributed by atoms with Crippen molar-refractivity contribution in [3.05, 3.63) is 0 Å². The van der Waals surface area contributed by atoms with Crippen molar-refractivity contribution in [3.8, 4) is 0 Å². The lowest BCUT2D eigenvalue weighted by atomic mass is 9.96. The molecular formula is C12H23N3O2. The van der Waals surface area contributed by atoms with E-state index in [1.54, 1.807) is 4.90 Å². The highest BCUT2D eigenvalue weighted by Crippen LogP contribution is 2.18. The monoisotopic (exact) mass is 241 g/mol. The van der Waals surface area contributed by atoms with E-state index in [1.165, 1.54) is 0 Å². The van der Waals surface area contributed by atoms with Crippen LogP contribution in [0.25, 0.3) is 0 Å². The third-order valence-corrected chi connectivity index (χ3v) is 3.27. The van der Waals surface area contributed by atoms with Crippen LogP contribution in [0, 0.1) is 11.8 Å². The van der Waals surface area contributed by atoms with E-state index in [1.807, 2.05) is 0 Å². The van der Waals surface area contributed by atoms with Crippen LogP contribution >= 0.6 is 0 Å². The van der Waals surface area contributed by atoms with Gasteiger partial charge in [0.2, 0.25) is 11.8 Å². The molecule has 0 aromatic heterocycles. The van der Waals surface area contributed by atoms with Gasteiger partial charge in [-0.3, -0.25) is 9.59 Å². The predicted molar refractivity (Wildman–Crippen MR) is 66.2 cm³/mol. The molecule has 1 aliphatic heterocycles. The number of hydrogen-bond acceptors (Lipinski definition) is 3. The van der Waals surface area contributed by atoms with Crippen LogP contribution in [0.15, 0.2) is 0 Å². The quantitative estimate of drug-likeness (QED) is 0.685. The van der Waals surface area contributed by atoms with Crippen molar-refractivity contribution in [3.63, 3.8) is 0 Å². The van der Waals surface area contributed by atoms with Gasteiger partial charge < -0.3 is 16.0 Å². The number of amides is 2. The first-order valence-corrected chi connectivity index (χ1v) is 6.34. The molecule has 0 aromatic carbocycles. The molecule has 0 unspecified atom stereocenters. The summed E-state index contributed by atoms with van der Waals surface area (Å²) in [5.74, 6) is -0.0477. The van der Waals surface area contributed by atoms with Gasteiger partial charge in [0.25, 0.3) is 0 Å². The number of nitrogens with one attached hydrogen (secondary N) is 1. The molecule has 1 heterocycles. The van der Waals surface area contributed by atoms with Crippen molar-refractivity contribution in [2.45, 2.75) is 26.7 Å². The summed E-state index contributed by atoms with van der Waals surface area (Å²) < 4.78 is 0. The zero-order valence-electron chi connectivity index (χ0n) is 10.7. The Kier molecular flexibility index (Phi) is 5.41. The Labute approximate surface area is 103 Å². The van der Waals surface area contributed by atoms with E-state index >= 15 is 0 Å². The van der Waals surface area contributed by atoms with Crippen molar-refractivity contribution in [1.29, 1.82) is 0 Å². The predicted octanol–water partition coefficient (Wildman–Crippen LogP) is -0.0441. The fourth-order valence-corrected chi connectivity index (χ4v) is 2.18. The molecule has 0 aromatic rings. The summed E-state index contributed by atoms with van der Waals surface area (Å²) >= 11 is 0. The van der Waals surface area contributed by atoms with Gasteiger partial charge >= 0.3 is 0 Å². The van der Waals surface area contributed by atoms with Crippen LogP contribution in [-0.2, 0) is 9.59 Å². The molecule has 5 nitrogen and oxygen atoms in total. The van der Waals surface area contributed by atoms with E-state index in [0.29, 0.717) is 19.0 Å². The Bertz CT molecular complexity index is 281. The molecular weight excluding hydrogens is 218 g/mol. The first kappa shape index (κ1) is 14.0. The van der Waals surface area contributed by atoms with Crippen LogP contribution in [0.4, 0.5) is 0 Å². The Morgan fingerprint density at radius 3 is 2.59 bits per heavy atom. The Balaban J connectivity index is 2.60. The lowest BCUT2D eigenvalue weighted by Crippen LogP contribution is -2.43. The van der Waals surface area contributed by atoms with Crippen LogP contribution in [0.5, 0.6) is 0 Å². The molecule has 2 atom stereocenters. The van der Waals surface area contributed by atoms with Crippen LogP contribution in [-0.4, -0.2) is 42.9 Å². The molecule has 17 heavy (non-hydrogen) atoms. The average molecular weight is 241 g/mol. The van der Waals surface area contributed by atoms with Crippen molar-refractivity contribution in [2.75, 3.05) is 26.2 Å². The van der Waals surface area contributed by atoms with Crippen molar-refractivity contribution in [1.82, 2.24) is 10.2 Å². The Morgan fingerprint density at radius 1 is 1.41 bits per heavy atom. The number of rotatable bonds is 6. The zero-order valence-corrected chi connectivity index (χ0v) is 10.7. The van der Waals surface area contributed by atoms with Crippen molar-refractivity contribution >= 4 is 11.8 Å². The van der Waals surface area contributed by atoms with Gasteiger partial charge in [0.15, 0.2) is 0 Å². The summed E-state index contributed by atoms with van der Waals surface area (Å²) in [6.07, 6.45) is 1.91. The number of carbonyl (C=O) groups is 2. The molecule has 5 heteroatoms. The van der Waals surface area contributed by atoms with Crippen LogP contribution in [0.2, 0.25) is 0 Å². The smallest absolute Gasteiger partial charge is 0.237 e. The minimum atomic E-state index is -0.437.